The van der Waals surface area contributed by atoms with Gasteiger partial charge in [0.25, 0.3) is 0 Å². The first-order valence-electron chi connectivity index (χ1n) is 8.92. The van der Waals surface area contributed by atoms with Crippen molar-refractivity contribution in [1.29, 1.82) is 0 Å². The first-order chi connectivity index (χ1) is 11.8. The molecule has 1 aliphatic heterocycles. The molecule has 0 saturated heterocycles. The van der Waals surface area contributed by atoms with Gasteiger partial charge in [-0.05, 0) is 66.6 Å². The summed E-state index contributed by atoms with van der Waals surface area (Å²) in [6.45, 7) is 10.9. The minimum Gasteiger partial charge on any atom is -0.392 e. The molecule has 0 unspecified atom stereocenters. The van der Waals surface area contributed by atoms with Crippen molar-refractivity contribution in [3.63, 3.8) is 0 Å². The van der Waals surface area contributed by atoms with E-state index in [9.17, 15) is 5.11 Å². The fourth-order valence-electron chi connectivity index (χ4n) is 3.26. The molecule has 2 aromatic carbocycles. The molecular formula is C22H28N2O. The Bertz CT molecular complexity index is 806. The van der Waals surface area contributed by atoms with E-state index in [4.69, 9.17) is 0 Å². The van der Waals surface area contributed by atoms with Crippen molar-refractivity contribution < 1.29 is 5.11 Å². The highest BCUT2D eigenvalue weighted by molar-refractivity contribution is 5.72. The molecular weight excluding hydrogens is 308 g/mol. The number of aryl methyl sites for hydroxylation is 1. The van der Waals surface area contributed by atoms with Gasteiger partial charge in [0.15, 0.2) is 0 Å². The Kier molecular flexibility index (Phi) is 4.72. The van der Waals surface area contributed by atoms with Crippen molar-refractivity contribution >= 4 is 5.69 Å². The highest BCUT2D eigenvalue weighted by atomic mass is 16.3. The van der Waals surface area contributed by atoms with Crippen LogP contribution < -0.4 is 10.4 Å². The largest absolute Gasteiger partial charge is 0.392 e. The summed E-state index contributed by atoms with van der Waals surface area (Å²) in [5.41, 5.74) is 10.5. The van der Waals surface area contributed by atoms with E-state index in [1.807, 2.05) is 13.0 Å². The Hall–Kier alpha value is -2.10. The molecule has 132 valence electrons. The van der Waals surface area contributed by atoms with Crippen molar-refractivity contribution in [1.82, 2.24) is 5.43 Å². The van der Waals surface area contributed by atoms with Crippen LogP contribution in [0.2, 0.25) is 0 Å². The summed E-state index contributed by atoms with van der Waals surface area (Å²) in [6, 6.07) is 12.9. The van der Waals surface area contributed by atoms with Gasteiger partial charge >= 0.3 is 0 Å². The van der Waals surface area contributed by atoms with Crippen LogP contribution in [0.1, 0.15) is 50.3 Å². The number of hydrogen-bond acceptors (Lipinski definition) is 3. The predicted molar refractivity (Wildman–Crippen MR) is 105 cm³/mol. The lowest BCUT2D eigenvalue weighted by atomic mass is 9.95. The number of nitrogens with zero attached hydrogens (tertiary/aromatic N) is 1. The zero-order chi connectivity index (χ0) is 18.2. The van der Waals surface area contributed by atoms with Crippen molar-refractivity contribution in [3.05, 3.63) is 65.4 Å². The topological polar surface area (TPSA) is 35.5 Å². The summed E-state index contributed by atoms with van der Waals surface area (Å²) in [5.74, 6) is 0.446. The highest BCUT2D eigenvalue weighted by Crippen LogP contribution is 2.34. The van der Waals surface area contributed by atoms with Crippen LogP contribution in [-0.2, 0) is 6.61 Å². The Labute approximate surface area is 151 Å². The normalized spacial score (nSPS) is 16.0. The maximum absolute atomic E-state index is 9.39. The van der Waals surface area contributed by atoms with Gasteiger partial charge in [-0.25, -0.2) is 5.43 Å². The standard InChI is InChI=1S/C22H28N2O/c1-15(2)20-9-8-18(17-6-7-19(14-25)16(3)12-17)13-21(20)24-11-10-22(4,5)23-24/h6-13,15,23,25H,14H2,1-5H3. The third-order valence-electron chi connectivity index (χ3n) is 4.81. The van der Waals surface area contributed by atoms with E-state index in [1.54, 1.807) is 0 Å². The molecule has 3 heteroatoms. The van der Waals surface area contributed by atoms with E-state index in [0.717, 1.165) is 11.1 Å². The second kappa shape index (κ2) is 6.66. The molecule has 0 saturated carbocycles. The smallest absolute Gasteiger partial charge is 0.0684 e. The minimum absolute atomic E-state index is 0.0381. The Morgan fingerprint density at radius 1 is 1.08 bits per heavy atom. The van der Waals surface area contributed by atoms with Crippen molar-refractivity contribution in [2.75, 3.05) is 5.01 Å². The fraction of sp³-hybridized carbons (Fsp3) is 0.364. The molecule has 1 aliphatic rings. The molecule has 0 aromatic heterocycles. The van der Waals surface area contributed by atoms with Gasteiger partial charge in [-0.2, -0.15) is 0 Å². The summed E-state index contributed by atoms with van der Waals surface area (Å²) in [7, 11) is 0. The van der Waals surface area contributed by atoms with Crippen LogP contribution in [0.15, 0.2) is 48.7 Å². The van der Waals surface area contributed by atoms with Crippen molar-refractivity contribution in [2.45, 2.75) is 52.7 Å². The Morgan fingerprint density at radius 3 is 2.32 bits per heavy atom. The lowest BCUT2D eigenvalue weighted by Gasteiger charge is -2.27. The van der Waals surface area contributed by atoms with Crippen LogP contribution in [-0.4, -0.2) is 10.6 Å². The van der Waals surface area contributed by atoms with Gasteiger partial charge < -0.3 is 5.11 Å². The van der Waals surface area contributed by atoms with Gasteiger partial charge in [0.2, 0.25) is 0 Å². The number of aliphatic hydroxyl groups excluding tert-OH is 1. The maximum atomic E-state index is 9.39. The monoisotopic (exact) mass is 336 g/mol. The van der Waals surface area contributed by atoms with Gasteiger partial charge in [-0.1, -0.05) is 44.2 Å². The fourth-order valence-corrected chi connectivity index (χ4v) is 3.26. The van der Waals surface area contributed by atoms with E-state index in [2.05, 4.69) is 80.7 Å². The molecule has 0 aliphatic carbocycles. The SMILES string of the molecule is Cc1cc(-c2ccc(C(C)C)c(N3C=CC(C)(C)N3)c2)ccc1CO. The van der Waals surface area contributed by atoms with Gasteiger partial charge in [0.05, 0.1) is 17.8 Å². The average Bonchev–Trinajstić information content (AvgIpc) is 2.94. The number of hydrogen-bond donors (Lipinski definition) is 2. The molecule has 0 amide bonds. The minimum atomic E-state index is -0.0381. The predicted octanol–water partition coefficient (Wildman–Crippen LogP) is 4.89. The van der Waals surface area contributed by atoms with E-state index in [1.165, 1.54) is 22.4 Å². The number of nitrogens with one attached hydrogen (secondary N) is 1. The van der Waals surface area contributed by atoms with Gasteiger partial charge in [0, 0.05) is 6.20 Å². The summed E-state index contributed by atoms with van der Waals surface area (Å²) >= 11 is 0. The average molecular weight is 336 g/mol. The lowest BCUT2D eigenvalue weighted by Crippen LogP contribution is -2.42. The molecule has 0 fully saturated rings. The Balaban J connectivity index is 2.04. The van der Waals surface area contributed by atoms with Crippen LogP contribution in [0.4, 0.5) is 5.69 Å². The van der Waals surface area contributed by atoms with Crippen molar-refractivity contribution in [2.24, 2.45) is 0 Å². The number of anilines is 1. The molecule has 2 aromatic rings. The summed E-state index contributed by atoms with van der Waals surface area (Å²) in [5, 5.41) is 11.5. The van der Waals surface area contributed by atoms with Crippen LogP contribution >= 0.6 is 0 Å². The first kappa shape index (κ1) is 17.7. The third kappa shape index (κ3) is 3.63. The van der Waals surface area contributed by atoms with E-state index in [0.29, 0.717) is 5.92 Å². The summed E-state index contributed by atoms with van der Waals surface area (Å²) in [6.07, 6.45) is 4.30. The molecule has 0 bridgehead atoms. The zero-order valence-electron chi connectivity index (χ0n) is 15.8. The molecule has 1 heterocycles. The second-order valence-corrected chi connectivity index (χ2v) is 7.75. The second-order valence-electron chi connectivity index (χ2n) is 7.75. The molecule has 0 atom stereocenters. The number of hydrazine groups is 1. The van der Waals surface area contributed by atoms with E-state index >= 15 is 0 Å². The third-order valence-corrected chi connectivity index (χ3v) is 4.81. The maximum Gasteiger partial charge on any atom is 0.0684 e. The number of aliphatic hydroxyl groups is 1. The van der Waals surface area contributed by atoms with Gasteiger partial charge in [-0.3, -0.25) is 5.01 Å². The molecule has 3 nitrogen and oxygen atoms in total. The van der Waals surface area contributed by atoms with E-state index in [-0.39, 0.29) is 12.1 Å². The molecule has 2 N–H and O–H groups in total. The Morgan fingerprint density at radius 2 is 1.76 bits per heavy atom. The van der Waals surface area contributed by atoms with Crippen LogP contribution in [0.3, 0.4) is 0 Å². The highest BCUT2D eigenvalue weighted by Gasteiger charge is 2.25. The number of rotatable bonds is 4. The zero-order valence-corrected chi connectivity index (χ0v) is 15.8. The molecule has 25 heavy (non-hydrogen) atoms. The van der Waals surface area contributed by atoms with Crippen LogP contribution in [0.5, 0.6) is 0 Å². The van der Waals surface area contributed by atoms with Crippen LogP contribution in [0, 0.1) is 6.92 Å². The first-order valence-corrected chi connectivity index (χ1v) is 8.92. The number of benzene rings is 2. The lowest BCUT2D eigenvalue weighted by molar-refractivity contribution is 0.281. The van der Waals surface area contributed by atoms with E-state index < -0.39 is 0 Å². The summed E-state index contributed by atoms with van der Waals surface area (Å²) in [4.78, 5) is 0. The summed E-state index contributed by atoms with van der Waals surface area (Å²) < 4.78 is 0. The van der Waals surface area contributed by atoms with Gasteiger partial charge in [-0.15, -0.1) is 0 Å². The quantitative estimate of drug-likeness (QED) is 0.834. The van der Waals surface area contributed by atoms with Crippen molar-refractivity contribution in [3.8, 4) is 11.1 Å². The molecule has 0 spiro atoms. The van der Waals surface area contributed by atoms with Gasteiger partial charge in [0.1, 0.15) is 0 Å². The molecule has 0 radical (unpaired) electrons. The van der Waals surface area contributed by atoms with Crippen LogP contribution in [0.25, 0.3) is 11.1 Å². The molecule has 3 rings (SSSR count).